The molecule has 0 heterocycles. The highest BCUT2D eigenvalue weighted by Crippen LogP contribution is 2.27. The normalized spacial score (nSPS) is 15.1. The molecule has 26 heavy (non-hydrogen) atoms. The molecule has 0 radical (unpaired) electrons. The topological polar surface area (TPSA) is 77.8 Å². The van der Waals surface area contributed by atoms with E-state index in [2.05, 4.69) is 65.5 Å². The summed E-state index contributed by atoms with van der Waals surface area (Å²) in [7, 11) is -8.33. The third-order valence-electron chi connectivity index (χ3n) is 2.93. The number of carbonyl (C=O) groups excluding carboxylic acids is 1. The Morgan fingerprint density at radius 2 is 1.42 bits per heavy atom. The number of ether oxygens (including phenoxy) is 1. The fourth-order valence-corrected chi connectivity index (χ4v) is 20.7. The van der Waals surface area contributed by atoms with Gasteiger partial charge in [-0.3, -0.25) is 0 Å². The lowest BCUT2D eigenvalue weighted by molar-refractivity contribution is -0.138. The van der Waals surface area contributed by atoms with E-state index >= 15 is 0 Å². The van der Waals surface area contributed by atoms with Crippen LogP contribution in [0.5, 0.6) is 0 Å². The average molecular weight is 434 g/mol. The molecule has 0 fully saturated rings. The molecule has 0 saturated heterocycles. The molecule has 10 heteroatoms. The van der Waals surface area contributed by atoms with E-state index in [4.69, 9.17) is 22.3 Å². The predicted molar refractivity (Wildman–Crippen MR) is 114 cm³/mol. The molecule has 6 nitrogen and oxygen atoms in total. The molecule has 0 rings (SSSR count). The van der Waals surface area contributed by atoms with Gasteiger partial charge in [-0.25, -0.2) is 4.79 Å². The fourth-order valence-electron chi connectivity index (χ4n) is 2.74. The molecule has 0 amide bonds. The van der Waals surface area contributed by atoms with Gasteiger partial charge in [-0.1, -0.05) is 6.58 Å². The lowest BCUT2D eigenvalue weighted by atomic mass is 10.3. The Labute approximate surface area is 163 Å². The quantitative estimate of drug-likeness (QED) is 0.157. The third-order valence-corrected chi connectivity index (χ3v) is 16.5. The van der Waals surface area contributed by atoms with Crippen molar-refractivity contribution in [3.05, 3.63) is 12.2 Å². The van der Waals surface area contributed by atoms with E-state index in [1.807, 2.05) is 0 Å². The molecule has 0 aromatic carbocycles. The van der Waals surface area contributed by atoms with Crippen molar-refractivity contribution < 1.29 is 21.9 Å². The van der Waals surface area contributed by atoms with Gasteiger partial charge < -0.3 is 17.1 Å². The first-order valence-electron chi connectivity index (χ1n) is 8.85. The van der Waals surface area contributed by atoms with Crippen molar-refractivity contribution >= 4 is 39.7 Å². The molecule has 1 atom stereocenters. The van der Waals surface area contributed by atoms with E-state index in [9.17, 15) is 4.79 Å². The number of carbonyl (C=O) groups is 1. The number of hydrogen-bond acceptors (Lipinski definition) is 6. The monoisotopic (exact) mass is 433 g/mol. The van der Waals surface area contributed by atoms with Crippen molar-refractivity contribution in [2.75, 3.05) is 6.61 Å². The van der Waals surface area contributed by atoms with Crippen LogP contribution >= 0.6 is 0 Å². The van der Waals surface area contributed by atoms with Crippen molar-refractivity contribution in [1.82, 2.24) is 0 Å². The molecule has 0 aliphatic heterocycles. The van der Waals surface area contributed by atoms with Crippen molar-refractivity contribution in [3.8, 4) is 6.07 Å². The summed E-state index contributed by atoms with van der Waals surface area (Å²) < 4.78 is 24.4. The van der Waals surface area contributed by atoms with Crippen LogP contribution in [0.3, 0.4) is 0 Å². The first-order valence-corrected chi connectivity index (χ1v) is 21.0. The van der Waals surface area contributed by atoms with E-state index in [-0.39, 0.29) is 12.2 Å². The van der Waals surface area contributed by atoms with Gasteiger partial charge in [-0.2, -0.15) is 5.26 Å². The molecule has 0 spiro atoms. The maximum atomic E-state index is 11.5. The molecular weight excluding hydrogens is 399 g/mol. The van der Waals surface area contributed by atoms with Crippen LogP contribution in [0.15, 0.2) is 12.2 Å². The molecule has 0 aromatic heterocycles. The average Bonchev–Trinajstić information content (AvgIpc) is 2.36. The van der Waals surface area contributed by atoms with E-state index < -0.39 is 39.7 Å². The maximum Gasteiger partial charge on any atom is 0.348 e. The van der Waals surface area contributed by atoms with Crippen LogP contribution in [0.2, 0.25) is 65.0 Å². The molecule has 0 aromatic rings. The van der Waals surface area contributed by atoms with Crippen LogP contribution in [0.1, 0.15) is 6.42 Å². The predicted octanol–water partition coefficient (Wildman–Crippen LogP) is 4.49. The number of nitrogens with zero attached hydrogens (tertiary/aromatic N) is 1. The lowest BCUT2D eigenvalue weighted by Crippen LogP contribution is -2.56. The Kier molecular flexibility index (Phi) is 9.38. The van der Waals surface area contributed by atoms with E-state index in [1.54, 1.807) is 6.07 Å². The van der Waals surface area contributed by atoms with Crippen LogP contribution < -0.4 is 0 Å². The minimum atomic E-state index is -2.49. The maximum absolute atomic E-state index is 11.5. The second-order valence-electron chi connectivity index (χ2n) is 8.89. The zero-order valence-electron chi connectivity index (χ0n) is 17.8. The largest absolute Gasteiger partial charge is 0.462 e. The smallest absolute Gasteiger partial charge is 0.348 e. The van der Waals surface area contributed by atoms with Gasteiger partial charge in [0.2, 0.25) is 0 Å². The molecule has 0 bridgehead atoms. The summed E-state index contributed by atoms with van der Waals surface area (Å²) in [5.41, 5.74) is -0.184. The van der Waals surface area contributed by atoms with Crippen molar-refractivity contribution in [2.45, 2.75) is 71.4 Å². The van der Waals surface area contributed by atoms with Gasteiger partial charge in [-0.05, 0) is 71.4 Å². The van der Waals surface area contributed by atoms with E-state index in [0.717, 1.165) is 0 Å². The van der Waals surface area contributed by atoms with Crippen LogP contribution in [0, 0.1) is 11.3 Å². The second-order valence-corrected chi connectivity index (χ2v) is 25.4. The molecule has 0 saturated carbocycles. The summed E-state index contributed by atoms with van der Waals surface area (Å²) in [4.78, 5) is 11.5. The van der Waals surface area contributed by atoms with Gasteiger partial charge in [0.1, 0.15) is 11.6 Å². The third kappa shape index (κ3) is 11.9. The highest BCUT2D eigenvalue weighted by Gasteiger charge is 2.44. The zero-order chi connectivity index (χ0) is 20.8. The minimum absolute atomic E-state index is 0.184. The first kappa shape index (κ1) is 25.4. The summed E-state index contributed by atoms with van der Waals surface area (Å²) in [5, 5.41) is 8.65. The first-order chi connectivity index (χ1) is 11.5. The summed E-state index contributed by atoms with van der Waals surface area (Å²) in [6, 6.07) is 2.40. The van der Waals surface area contributed by atoms with Gasteiger partial charge >= 0.3 is 23.1 Å². The zero-order valence-corrected chi connectivity index (χ0v) is 21.8. The second kappa shape index (κ2) is 9.58. The Morgan fingerprint density at radius 3 is 1.85 bits per heavy atom. The lowest BCUT2D eigenvalue weighted by Gasteiger charge is -2.41. The van der Waals surface area contributed by atoms with Crippen LogP contribution in [0.4, 0.5) is 0 Å². The molecule has 0 N–H and O–H groups in total. The van der Waals surface area contributed by atoms with Crippen molar-refractivity contribution in [1.29, 1.82) is 5.26 Å². The number of nitriles is 1. The van der Waals surface area contributed by atoms with Gasteiger partial charge in [0.15, 0.2) is 16.6 Å². The molecule has 0 aliphatic rings. The summed E-state index contributed by atoms with van der Waals surface area (Å²) in [6.45, 7) is 22.7. The molecule has 0 aliphatic carbocycles. The van der Waals surface area contributed by atoms with Crippen LogP contribution in [0.25, 0.3) is 0 Å². The number of esters is 1. The minimum Gasteiger partial charge on any atom is -0.462 e. The number of rotatable bonds is 11. The van der Waals surface area contributed by atoms with E-state index in [0.29, 0.717) is 12.5 Å². The van der Waals surface area contributed by atoms with Gasteiger partial charge in [0.05, 0.1) is 6.61 Å². The Morgan fingerprint density at radius 1 is 0.923 bits per heavy atom. The Hall–Kier alpha value is -0.552. The number of hydrogen-bond donors (Lipinski definition) is 0. The standard InChI is InChI=1S/C16H35NO5Si4/c1-15(14-17)16(18)19-12-11-13-26(10,21-24(5,6)7)22-25(8,9)20-23(2,3)4/h1,11-13H2,2-10H3. The Bertz CT molecular complexity index is 548. The molecule has 1 unspecified atom stereocenters. The van der Waals surface area contributed by atoms with Crippen molar-refractivity contribution in [3.63, 3.8) is 0 Å². The van der Waals surface area contributed by atoms with Gasteiger partial charge in [0.25, 0.3) is 0 Å². The highest BCUT2D eigenvalue weighted by atomic mass is 28.5. The van der Waals surface area contributed by atoms with Gasteiger partial charge in [-0.15, -0.1) is 0 Å². The van der Waals surface area contributed by atoms with Gasteiger partial charge in [0, 0.05) is 0 Å². The van der Waals surface area contributed by atoms with E-state index in [1.165, 1.54) is 0 Å². The Balaban J connectivity index is 4.96. The molecule has 150 valence electrons. The van der Waals surface area contributed by atoms with Crippen LogP contribution in [-0.4, -0.2) is 46.3 Å². The fraction of sp³-hybridized carbons (Fsp3) is 0.750. The molecular formula is C16H35NO5Si4. The van der Waals surface area contributed by atoms with Crippen molar-refractivity contribution in [2.24, 2.45) is 0 Å². The van der Waals surface area contributed by atoms with Crippen LogP contribution in [-0.2, 0) is 21.9 Å². The summed E-state index contributed by atoms with van der Waals surface area (Å²) in [5.74, 6) is -0.667. The highest BCUT2D eigenvalue weighted by molar-refractivity contribution is 6.89. The summed E-state index contributed by atoms with van der Waals surface area (Å²) >= 11 is 0. The summed E-state index contributed by atoms with van der Waals surface area (Å²) in [6.07, 6.45) is 0.620. The SMILES string of the molecule is C=C(C#N)C(=O)OCCC[Si](C)(O[Si](C)(C)C)O[Si](C)(C)O[Si](C)(C)C.